The second-order valence-electron chi connectivity index (χ2n) is 3.96. The first-order valence-corrected chi connectivity index (χ1v) is 5.19. The molecule has 1 aromatic carbocycles. The van der Waals surface area contributed by atoms with Crippen molar-refractivity contribution in [3.63, 3.8) is 0 Å². The van der Waals surface area contributed by atoms with E-state index >= 15 is 0 Å². The summed E-state index contributed by atoms with van der Waals surface area (Å²) >= 11 is 0. The third-order valence-electron chi connectivity index (χ3n) is 2.07. The first kappa shape index (κ1) is 11.7. The van der Waals surface area contributed by atoms with Gasteiger partial charge in [-0.1, -0.05) is 30.3 Å². The van der Waals surface area contributed by atoms with E-state index in [1.165, 1.54) is 0 Å². The SMILES string of the molecule is CC(C)NC(=O)C(N)Cc1ccccc1. The van der Waals surface area contributed by atoms with Gasteiger partial charge in [0, 0.05) is 6.04 Å². The molecule has 1 aromatic rings. The molecule has 0 radical (unpaired) electrons. The van der Waals surface area contributed by atoms with E-state index in [1.54, 1.807) is 0 Å². The summed E-state index contributed by atoms with van der Waals surface area (Å²) in [5.41, 5.74) is 6.87. The number of benzene rings is 1. The molecule has 0 spiro atoms. The van der Waals surface area contributed by atoms with Crippen LogP contribution in [0.1, 0.15) is 19.4 Å². The van der Waals surface area contributed by atoms with Gasteiger partial charge < -0.3 is 11.1 Å². The van der Waals surface area contributed by atoms with Gasteiger partial charge in [-0.15, -0.1) is 0 Å². The van der Waals surface area contributed by atoms with Gasteiger partial charge in [0.2, 0.25) is 5.91 Å². The summed E-state index contributed by atoms with van der Waals surface area (Å²) in [5.74, 6) is -0.0890. The molecule has 15 heavy (non-hydrogen) atoms. The number of hydrogen-bond acceptors (Lipinski definition) is 2. The molecule has 0 heterocycles. The van der Waals surface area contributed by atoms with Crippen molar-refractivity contribution in [2.24, 2.45) is 5.73 Å². The molecule has 0 aromatic heterocycles. The van der Waals surface area contributed by atoms with Crippen molar-refractivity contribution in [1.82, 2.24) is 5.32 Å². The van der Waals surface area contributed by atoms with Crippen LogP contribution in [0.4, 0.5) is 0 Å². The molecule has 1 unspecified atom stereocenters. The normalized spacial score (nSPS) is 12.5. The highest BCUT2D eigenvalue weighted by Crippen LogP contribution is 2.01. The summed E-state index contributed by atoms with van der Waals surface area (Å²) in [6.07, 6.45) is 0.583. The van der Waals surface area contributed by atoms with Crippen LogP contribution in [0.25, 0.3) is 0 Å². The van der Waals surface area contributed by atoms with Crippen molar-refractivity contribution in [2.45, 2.75) is 32.4 Å². The second kappa shape index (κ2) is 5.51. The number of nitrogens with one attached hydrogen (secondary N) is 1. The summed E-state index contributed by atoms with van der Waals surface area (Å²) < 4.78 is 0. The fraction of sp³-hybridized carbons (Fsp3) is 0.417. The third-order valence-corrected chi connectivity index (χ3v) is 2.07. The molecule has 0 aliphatic heterocycles. The average molecular weight is 206 g/mol. The summed E-state index contributed by atoms with van der Waals surface area (Å²) in [6, 6.07) is 9.47. The van der Waals surface area contributed by atoms with Crippen LogP contribution in [-0.4, -0.2) is 18.0 Å². The molecule has 1 atom stereocenters. The Morgan fingerprint density at radius 1 is 1.33 bits per heavy atom. The van der Waals surface area contributed by atoms with Crippen LogP contribution in [0.2, 0.25) is 0 Å². The molecule has 82 valence electrons. The van der Waals surface area contributed by atoms with Crippen molar-refractivity contribution in [3.05, 3.63) is 35.9 Å². The van der Waals surface area contributed by atoms with Gasteiger partial charge in [0.05, 0.1) is 6.04 Å². The van der Waals surface area contributed by atoms with Crippen LogP contribution in [-0.2, 0) is 11.2 Å². The Morgan fingerprint density at radius 2 is 1.93 bits per heavy atom. The summed E-state index contributed by atoms with van der Waals surface area (Å²) in [5, 5.41) is 2.80. The van der Waals surface area contributed by atoms with E-state index in [-0.39, 0.29) is 11.9 Å². The number of hydrogen-bond donors (Lipinski definition) is 2. The van der Waals surface area contributed by atoms with Crippen molar-refractivity contribution < 1.29 is 4.79 Å². The van der Waals surface area contributed by atoms with Crippen molar-refractivity contribution in [3.8, 4) is 0 Å². The number of amides is 1. The van der Waals surface area contributed by atoms with Crippen LogP contribution in [0.3, 0.4) is 0 Å². The average Bonchev–Trinajstić information content (AvgIpc) is 2.18. The molecule has 3 nitrogen and oxygen atoms in total. The van der Waals surface area contributed by atoms with E-state index in [1.807, 2.05) is 44.2 Å². The van der Waals surface area contributed by atoms with E-state index in [0.29, 0.717) is 6.42 Å². The fourth-order valence-corrected chi connectivity index (χ4v) is 1.35. The number of nitrogens with two attached hydrogens (primary N) is 1. The Kier molecular flexibility index (Phi) is 4.31. The van der Waals surface area contributed by atoms with Crippen molar-refractivity contribution in [1.29, 1.82) is 0 Å². The minimum atomic E-state index is -0.463. The predicted molar refractivity (Wildman–Crippen MR) is 61.4 cm³/mol. The molecule has 3 heteroatoms. The quantitative estimate of drug-likeness (QED) is 0.774. The Labute approximate surface area is 90.7 Å². The highest BCUT2D eigenvalue weighted by Gasteiger charge is 2.14. The minimum Gasteiger partial charge on any atom is -0.353 e. The lowest BCUT2D eigenvalue weighted by Gasteiger charge is -2.14. The van der Waals surface area contributed by atoms with E-state index in [2.05, 4.69) is 5.32 Å². The second-order valence-corrected chi connectivity index (χ2v) is 3.96. The van der Waals surface area contributed by atoms with Gasteiger partial charge in [-0.05, 0) is 25.8 Å². The van der Waals surface area contributed by atoms with E-state index < -0.39 is 6.04 Å². The van der Waals surface area contributed by atoms with Crippen molar-refractivity contribution >= 4 is 5.91 Å². The molecule has 0 bridgehead atoms. The lowest BCUT2D eigenvalue weighted by atomic mass is 10.1. The summed E-state index contributed by atoms with van der Waals surface area (Å²) in [7, 11) is 0. The van der Waals surface area contributed by atoms with Crippen LogP contribution < -0.4 is 11.1 Å². The number of rotatable bonds is 4. The van der Waals surface area contributed by atoms with Gasteiger partial charge in [0.1, 0.15) is 0 Å². The Bertz CT molecular complexity index is 309. The maximum absolute atomic E-state index is 11.5. The predicted octanol–water partition coefficient (Wildman–Crippen LogP) is 1.08. The van der Waals surface area contributed by atoms with Gasteiger partial charge in [0.15, 0.2) is 0 Å². The number of carbonyl (C=O) groups excluding carboxylic acids is 1. The zero-order chi connectivity index (χ0) is 11.3. The molecule has 0 saturated heterocycles. The monoisotopic (exact) mass is 206 g/mol. The summed E-state index contributed by atoms with van der Waals surface area (Å²) in [6.45, 7) is 3.85. The highest BCUT2D eigenvalue weighted by molar-refractivity contribution is 5.82. The molecule has 0 aliphatic rings. The molecular formula is C12H18N2O. The maximum atomic E-state index is 11.5. The highest BCUT2D eigenvalue weighted by atomic mass is 16.2. The Morgan fingerprint density at radius 3 is 2.47 bits per heavy atom. The molecule has 1 amide bonds. The van der Waals surface area contributed by atoms with E-state index in [4.69, 9.17) is 5.73 Å². The molecule has 3 N–H and O–H groups in total. The van der Waals surface area contributed by atoms with Gasteiger partial charge in [-0.25, -0.2) is 0 Å². The minimum absolute atomic E-state index is 0.0890. The third kappa shape index (κ3) is 4.13. The zero-order valence-corrected chi connectivity index (χ0v) is 9.23. The first-order chi connectivity index (χ1) is 7.09. The molecule has 1 rings (SSSR count). The van der Waals surface area contributed by atoms with Crippen LogP contribution in [0.15, 0.2) is 30.3 Å². The number of carbonyl (C=O) groups is 1. The molecule has 0 aliphatic carbocycles. The Hall–Kier alpha value is -1.35. The Balaban J connectivity index is 2.49. The topological polar surface area (TPSA) is 55.1 Å². The van der Waals surface area contributed by atoms with Gasteiger partial charge in [-0.3, -0.25) is 4.79 Å². The molecule has 0 fully saturated rings. The lowest BCUT2D eigenvalue weighted by molar-refractivity contribution is -0.122. The van der Waals surface area contributed by atoms with Crippen LogP contribution >= 0.6 is 0 Å². The van der Waals surface area contributed by atoms with Gasteiger partial charge in [-0.2, -0.15) is 0 Å². The zero-order valence-electron chi connectivity index (χ0n) is 9.23. The van der Waals surface area contributed by atoms with Gasteiger partial charge in [0.25, 0.3) is 0 Å². The van der Waals surface area contributed by atoms with Crippen molar-refractivity contribution in [2.75, 3.05) is 0 Å². The van der Waals surface area contributed by atoms with E-state index in [9.17, 15) is 4.79 Å². The summed E-state index contributed by atoms with van der Waals surface area (Å²) in [4.78, 5) is 11.5. The standard InChI is InChI=1S/C12H18N2O/c1-9(2)14-12(15)11(13)8-10-6-4-3-5-7-10/h3-7,9,11H,8,13H2,1-2H3,(H,14,15). The lowest BCUT2D eigenvalue weighted by Crippen LogP contribution is -2.44. The smallest absolute Gasteiger partial charge is 0.237 e. The van der Waals surface area contributed by atoms with Gasteiger partial charge >= 0.3 is 0 Å². The van der Waals surface area contributed by atoms with Crippen LogP contribution in [0.5, 0.6) is 0 Å². The van der Waals surface area contributed by atoms with E-state index in [0.717, 1.165) is 5.56 Å². The van der Waals surface area contributed by atoms with Crippen LogP contribution in [0, 0.1) is 0 Å². The first-order valence-electron chi connectivity index (χ1n) is 5.19. The largest absolute Gasteiger partial charge is 0.353 e. The fourth-order valence-electron chi connectivity index (χ4n) is 1.35. The molecular weight excluding hydrogens is 188 g/mol. The maximum Gasteiger partial charge on any atom is 0.237 e. The molecule has 0 saturated carbocycles.